The number of rotatable bonds is 20. The summed E-state index contributed by atoms with van der Waals surface area (Å²) in [5, 5.41) is 15.4. The van der Waals surface area contributed by atoms with E-state index in [2.05, 4.69) is 59.1 Å². The van der Waals surface area contributed by atoms with Crippen LogP contribution in [-0.4, -0.2) is 82.4 Å². The van der Waals surface area contributed by atoms with E-state index in [1.807, 2.05) is 80.9 Å². The molecule has 3 aromatic rings. The molecule has 2 N–H and O–H groups in total. The van der Waals surface area contributed by atoms with Gasteiger partial charge in [0.25, 0.3) is 0 Å². The van der Waals surface area contributed by atoms with E-state index in [-0.39, 0.29) is 41.6 Å². The lowest BCUT2D eigenvalue weighted by molar-refractivity contribution is -0.125. The van der Waals surface area contributed by atoms with E-state index < -0.39 is 16.7 Å². The fourth-order valence-electron chi connectivity index (χ4n) is 6.78. The molecule has 1 aliphatic heterocycles. The van der Waals surface area contributed by atoms with Gasteiger partial charge in [-0.05, 0) is 98.1 Å². The first-order chi connectivity index (χ1) is 27.0. The number of fused-ring (bicyclic) bond motifs is 5. The Kier molecular flexibility index (Phi) is 15.5. The predicted molar refractivity (Wildman–Crippen MR) is 230 cm³/mol. The van der Waals surface area contributed by atoms with E-state index in [4.69, 9.17) is 24.5 Å². The van der Waals surface area contributed by atoms with Crippen LogP contribution < -0.4 is 15.5 Å². The second kappa shape index (κ2) is 19.3. The summed E-state index contributed by atoms with van der Waals surface area (Å²) in [4.78, 5) is 40.5. The average Bonchev–Trinajstić information content (AvgIpc) is 3.56. The average molecular weight is 803 g/mol. The molecule has 4 rings (SSSR count). The van der Waals surface area contributed by atoms with Crippen molar-refractivity contribution in [3.63, 3.8) is 0 Å². The van der Waals surface area contributed by atoms with Crippen LogP contribution >= 0.6 is 0 Å². The van der Waals surface area contributed by atoms with Gasteiger partial charge in [0.1, 0.15) is 5.69 Å². The number of anilines is 1. The van der Waals surface area contributed by atoms with Crippen LogP contribution in [0.2, 0.25) is 0 Å². The summed E-state index contributed by atoms with van der Waals surface area (Å²) in [6.07, 6.45) is 2.84. The zero-order chi connectivity index (χ0) is 42.9. The van der Waals surface area contributed by atoms with E-state index in [1.165, 1.54) is 6.92 Å². The summed E-state index contributed by atoms with van der Waals surface area (Å²) >= 11 is 0. The maximum absolute atomic E-state index is 14.2. The molecule has 3 amide bonds. The number of amides is 3. The third-order valence-electron chi connectivity index (χ3n) is 10.6. The van der Waals surface area contributed by atoms with E-state index in [9.17, 15) is 14.4 Å². The Labute approximate surface area is 347 Å². The Bertz CT molecular complexity index is 1860. The first-order valence-corrected chi connectivity index (χ1v) is 20.9. The Hall–Kier alpha value is -4.13. The number of hydrogen-bond acceptors (Lipinski definition) is 8. The lowest BCUT2D eigenvalue weighted by atomic mass is 9.93. The molecule has 0 atom stereocenters. The van der Waals surface area contributed by atoms with Gasteiger partial charge in [-0.25, -0.2) is 4.68 Å². The molecule has 0 unspecified atom stereocenters. The van der Waals surface area contributed by atoms with Crippen molar-refractivity contribution in [2.75, 3.05) is 37.8 Å². The number of ether oxygens (including phenoxy) is 3. The van der Waals surface area contributed by atoms with Gasteiger partial charge in [0.2, 0.25) is 17.7 Å². The molecule has 0 saturated heterocycles. The van der Waals surface area contributed by atoms with Crippen molar-refractivity contribution in [2.45, 2.75) is 150 Å². The number of aromatic nitrogens is 3. The summed E-state index contributed by atoms with van der Waals surface area (Å²) in [7, 11) is 0. The van der Waals surface area contributed by atoms with Gasteiger partial charge in [-0.3, -0.25) is 14.4 Å². The number of benzene rings is 2. The monoisotopic (exact) mass is 803 g/mol. The first kappa shape index (κ1) is 46.6. The van der Waals surface area contributed by atoms with Crippen molar-refractivity contribution in [3.05, 3.63) is 54.1 Å². The van der Waals surface area contributed by atoms with Gasteiger partial charge in [-0.15, -0.1) is 5.10 Å². The molecule has 2 aromatic carbocycles. The third kappa shape index (κ3) is 13.7. The van der Waals surface area contributed by atoms with Crippen molar-refractivity contribution in [3.8, 4) is 22.5 Å². The molecule has 0 radical (unpaired) electrons. The fraction of sp³-hybridized carbons (Fsp3) is 0.630. The van der Waals surface area contributed by atoms with Crippen LogP contribution in [0.1, 0.15) is 127 Å². The maximum Gasteiger partial charge on any atom is 0.227 e. The minimum Gasteiger partial charge on any atom is -0.375 e. The minimum atomic E-state index is -0.515. The zero-order valence-corrected chi connectivity index (χ0v) is 37.3. The summed E-state index contributed by atoms with van der Waals surface area (Å²) in [5.41, 5.74) is 3.43. The summed E-state index contributed by atoms with van der Waals surface area (Å²) in [5.74, 6) is -0.375. The standard InChI is InChI=1S/C46H70N6O6/c1-33(53)47-27-23-44(7,8)56-29-25-43(5,6)52-41-36-19-15-16-20-37(36)51(31-34-17-13-14-18-35(34)40(41)49-50-52)39(55)22-21-38(54)48-28-24-45(9,10)57-30-26-46(11,12)58-32-42(2,3)4/h13-20H,21-32H2,1-12H3,(H,47,53)(H,48,54). The largest absolute Gasteiger partial charge is 0.375 e. The van der Waals surface area contributed by atoms with Gasteiger partial charge >= 0.3 is 0 Å². The van der Waals surface area contributed by atoms with Gasteiger partial charge in [0.05, 0.1) is 53.5 Å². The molecule has 0 aliphatic carbocycles. The lowest BCUT2D eigenvalue weighted by Crippen LogP contribution is -2.36. The maximum atomic E-state index is 14.2. The number of nitrogens with one attached hydrogen (secondary N) is 2. The molecular formula is C46H70N6O6. The van der Waals surface area contributed by atoms with E-state index in [0.29, 0.717) is 58.7 Å². The van der Waals surface area contributed by atoms with Crippen molar-refractivity contribution in [1.82, 2.24) is 25.6 Å². The SMILES string of the molecule is CC(=O)NCCC(C)(C)OCCC(C)(C)n1nnc2c1-c1ccccc1N(C(=O)CCC(=O)NCCC(C)(C)OCCC(C)(C)OCC(C)(C)C)Cc1ccccc1-2. The van der Waals surface area contributed by atoms with Gasteiger partial charge in [0.15, 0.2) is 0 Å². The third-order valence-corrected chi connectivity index (χ3v) is 10.6. The molecule has 0 spiro atoms. The lowest BCUT2D eigenvalue weighted by Gasteiger charge is -2.32. The van der Waals surface area contributed by atoms with Crippen molar-refractivity contribution < 1.29 is 28.6 Å². The van der Waals surface area contributed by atoms with Crippen LogP contribution in [0.3, 0.4) is 0 Å². The molecular weight excluding hydrogens is 733 g/mol. The highest BCUT2D eigenvalue weighted by molar-refractivity contribution is 6.01. The number of carbonyl (C=O) groups excluding carboxylic acids is 3. The van der Waals surface area contributed by atoms with Gasteiger partial charge < -0.3 is 29.7 Å². The molecule has 320 valence electrons. The minimum absolute atomic E-state index is 0.0524. The van der Waals surface area contributed by atoms with Gasteiger partial charge in [0, 0.05) is 50.6 Å². The van der Waals surface area contributed by atoms with E-state index in [0.717, 1.165) is 40.2 Å². The van der Waals surface area contributed by atoms with Crippen LogP contribution in [0, 0.1) is 5.41 Å². The number of nitrogens with zero attached hydrogens (tertiary/aromatic N) is 4. The second-order valence-corrected chi connectivity index (χ2v) is 19.3. The highest BCUT2D eigenvalue weighted by Gasteiger charge is 2.34. The quantitative estimate of drug-likeness (QED) is 0.117. The Morgan fingerprint density at radius 1 is 0.690 bits per heavy atom. The highest BCUT2D eigenvalue weighted by Crippen LogP contribution is 2.43. The second-order valence-electron chi connectivity index (χ2n) is 19.3. The molecule has 0 fully saturated rings. The molecule has 12 nitrogen and oxygen atoms in total. The van der Waals surface area contributed by atoms with Crippen molar-refractivity contribution in [2.24, 2.45) is 5.41 Å². The van der Waals surface area contributed by atoms with Gasteiger partial charge in [-0.2, -0.15) is 0 Å². The highest BCUT2D eigenvalue weighted by atomic mass is 16.5. The molecule has 58 heavy (non-hydrogen) atoms. The Balaban J connectivity index is 1.43. The molecule has 0 bridgehead atoms. The van der Waals surface area contributed by atoms with Crippen molar-refractivity contribution >= 4 is 23.4 Å². The van der Waals surface area contributed by atoms with E-state index in [1.54, 1.807) is 4.90 Å². The van der Waals surface area contributed by atoms with Crippen LogP contribution in [0.4, 0.5) is 5.69 Å². The molecule has 2 heterocycles. The summed E-state index contributed by atoms with van der Waals surface area (Å²) in [6, 6.07) is 15.8. The fourth-order valence-corrected chi connectivity index (χ4v) is 6.78. The van der Waals surface area contributed by atoms with Crippen molar-refractivity contribution in [1.29, 1.82) is 0 Å². The number of carbonyl (C=O) groups is 3. The van der Waals surface area contributed by atoms with Crippen LogP contribution in [-0.2, 0) is 40.7 Å². The zero-order valence-electron chi connectivity index (χ0n) is 37.3. The topological polar surface area (TPSA) is 137 Å². The molecule has 0 saturated carbocycles. The number of hydrogen-bond donors (Lipinski definition) is 2. The van der Waals surface area contributed by atoms with Crippen LogP contribution in [0.5, 0.6) is 0 Å². The normalized spacial score (nSPS) is 13.6. The Morgan fingerprint density at radius 3 is 1.90 bits per heavy atom. The van der Waals surface area contributed by atoms with Crippen LogP contribution in [0.25, 0.3) is 22.5 Å². The first-order valence-electron chi connectivity index (χ1n) is 20.9. The molecule has 12 heteroatoms. The molecule has 1 aromatic heterocycles. The Morgan fingerprint density at radius 2 is 1.26 bits per heavy atom. The summed E-state index contributed by atoms with van der Waals surface area (Å²) < 4.78 is 20.6. The molecule has 1 aliphatic rings. The van der Waals surface area contributed by atoms with Gasteiger partial charge in [-0.1, -0.05) is 68.4 Å². The van der Waals surface area contributed by atoms with E-state index >= 15 is 0 Å². The smallest absolute Gasteiger partial charge is 0.227 e. The predicted octanol–water partition coefficient (Wildman–Crippen LogP) is 8.22. The summed E-state index contributed by atoms with van der Waals surface area (Å²) in [6.45, 7) is 27.5. The number of para-hydroxylation sites is 1. The van der Waals surface area contributed by atoms with Crippen LogP contribution in [0.15, 0.2) is 48.5 Å².